The number of carbonyl (C=O) groups is 2. The van der Waals surface area contributed by atoms with E-state index in [1.165, 1.54) is 14.2 Å². The number of rotatable bonds is 5. The molecule has 0 saturated carbocycles. The molecule has 0 saturated heterocycles. The number of pyridine rings is 1. The second-order valence-electron chi connectivity index (χ2n) is 3.84. The highest BCUT2D eigenvalue weighted by Crippen LogP contribution is 2.12. The van der Waals surface area contributed by atoms with Gasteiger partial charge in [-0.2, -0.15) is 0 Å². The highest BCUT2D eigenvalue weighted by Gasteiger charge is 2.15. The van der Waals surface area contributed by atoms with Crippen molar-refractivity contribution in [3.63, 3.8) is 0 Å². The summed E-state index contributed by atoms with van der Waals surface area (Å²) in [4.78, 5) is 26.7. The van der Waals surface area contributed by atoms with E-state index in [-0.39, 0.29) is 0 Å². The summed E-state index contributed by atoms with van der Waals surface area (Å²) in [5.41, 5.74) is 0.838. The molecule has 19 heavy (non-hydrogen) atoms. The molecule has 1 unspecified atom stereocenters. The van der Waals surface area contributed by atoms with Crippen LogP contribution in [0.25, 0.3) is 0 Å². The van der Waals surface area contributed by atoms with Gasteiger partial charge in [0.2, 0.25) is 11.8 Å². The zero-order valence-corrected chi connectivity index (χ0v) is 11.2. The molecule has 0 spiro atoms. The van der Waals surface area contributed by atoms with Crippen molar-refractivity contribution in [1.82, 2.24) is 20.9 Å². The minimum Gasteiger partial charge on any atom is -0.481 e. The number of methoxy groups -OCH3 is 1. The maximum atomic E-state index is 11.6. The molecule has 1 rings (SSSR count). The fourth-order valence-electron chi connectivity index (χ4n) is 1.38. The van der Waals surface area contributed by atoms with Crippen molar-refractivity contribution >= 4 is 11.9 Å². The first-order chi connectivity index (χ1) is 9.08. The van der Waals surface area contributed by atoms with Crippen LogP contribution in [0.4, 0.5) is 4.79 Å². The Labute approximate surface area is 111 Å². The lowest BCUT2D eigenvalue weighted by atomic mass is 10.2. The minimum absolute atomic E-state index is 0.401. The fraction of sp³-hybridized carbons (Fsp3) is 0.417. The van der Waals surface area contributed by atoms with Crippen LogP contribution < -0.4 is 20.7 Å². The minimum atomic E-state index is -0.530. The van der Waals surface area contributed by atoms with Gasteiger partial charge in [-0.1, -0.05) is 6.07 Å². The molecule has 0 fully saturated rings. The normalized spacial score (nSPS) is 11.5. The number of imide groups is 1. The van der Waals surface area contributed by atoms with E-state index in [1.807, 2.05) is 6.07 Å². The van der Waals surface area contributed by atoms with Crippen LogP contribution in [0, 0.1) is 0 Å². The maximum absolute atomic E-state index is 11.6. The zero-order valence-electron chi connectivity index (χ0n) is 11.2. The third-order valence-electron chi connectivity index (χ3n) is 2.50. The van der Waals surface area contributed by atoms with Gasteiger partial charge in [0.1, 0.15) is 0 Å². The quantitative estimate of drug-likeness (QED) is 0.699. The Morgan fingerprint density at radius 1 is 1.47 bits per heavy atom. The SMILES string of the molecule is CNC(=O)NC(=O)C(C)NCc1cccnc1OC. The summed E-state index contributed by atoms with van der Waals surface area (Å²) in [5.74, 6) is 0.108. The van der Waals surface area contributed by atoms with E-state index in [0.29, 0.717) is 12.4 Å². The van der Waals surface area contributed by atoms with Crippen LogP contribution in [0.15, 0.2) is 18.3 Å². The van der Waals surface area contributed by atoms with Crippen LogP contribution >= 0.6 is 0 Å². The highest BCUT2D eigenvalue weighted by atomic mass is 16.5. The number of nitrogens with zero attached hydrogens (tertiary/aromatic N) is 1. The fourth-order valence-corrected chi connectivity index (χ4v) is 1.38. The molecule has 1 atom stereocenters. The lowest BCUT2D eigenvalue weighted by Gasteiger charge is -2.14. The molecule has 1 aromatic heterocycles. The summed E-state index contributed by atoms with van der Waals surface area (Å²) in [7, 11) is 2.98. The smallest absolute Gasteiger partial charge is 0.321 e. The molecule has 3 N–H and O–H groups in total. The van der Waals surface area contributed by atoms with Gasteiger partial charge in [-0.25, -0.2) is 9.78 Å². The second-order valence-corrected chi connectivity index (χ2v) is 3.84. The molecule has 104 valence electrons. The van der Waals surface area contributed by atoms with Gasteiger partial charge in [0.15, 0.2) is 0 Å². The van der Waals surface area contributed by atoms with Gasteiger partial charge in [0.05, 0.1) is 13.2 Å². The lowest BCUT2D eigenvalue weighted by Crippen LogP contribution is -2.47. The number of nitrogens with one attached hydrogen (secondary N) is 3. The van der Waals surface area contributed by atoms with E-state index in [1.54, 1.807) is 19.2 Å². The summed E-state index contributed by atoms with van der Waals surface area (Å²) in [5, 5.41) is 7.50. The third-order valence-corrected chi connectivity index (χ3v) is 2.50. The number of hydrogen-bond donors (Lipinski definition) is 3. The van der Waals surface area contributed by atoms with Gasteiger partial charge in [-0.05, 0) is 13.0 Å². The summed E-state index contributed by atoms with van der Waals surface area (Å²) in [6, 6.07) is 2.59. The van der Waals surface area contributed by atoms with Gasteiger partial charge < -0.3 is 15.4 Å². The summed E-state index contributed by atoms with van der Waals surface area (Å²) in [6.45, 7) is 2.08. The number of amides is 3. The van der Waals surface area contributed by atoms with Crippen molar-refractivity contribution in [3.05, 3.63) is 23.9 Å². The summed E-state index contributed by atoms with van der Waals surface area (Å²) >= 11 is 0. The van der Waals surface area contributed by atoms with Gasteiger partial charge in [0.25, 0.3) is 0 Å². The molecule has 1 heterocycles. The number of hydrogen-bond acceptors (Lipinski definition) is 5. The first-order valence-corrected chi connectivity index (χ1v) is 5.82. The Hall–Kier alpha value is -2.15. The molecule has 0 aliphatic heterocycles. The monoisotopic (exact) mass is 266 g/mol. The van der Waals surface area contributed by atoms with Gasteiger partial charge in [0, 0.05) is 25.4 Å². The number of ether oxygens (including phenoxy) is 1. The van der Waals surface area contributed by atoms with Gasteiger partial charge in [-0.3, -0.25) is 10.1 Å². The van der Waals surface area contributed by atoms with Crippen molar-refractivity contribution < 1.29 is 14.3 Å². The average molecular weight is 266 g/mol. The van der Waals surface area contributed by atoms with Crippen LogP contribution in [0.2, 0.25) is 0 Å². The van der Waals surface area contributed by atoms with Crippen LogP contribution in [-0.2, 0) is 11.3 Å². The van der Waals surface area contributed by atoms with Crippen LogP contribution in [0.5, 0.6) is 5.88 Å². The Kier molecular flexibility index (Phi) is 5.74. The van der Waals surface area contributed by atoms with Crippen molar-refractivity contribution in [2.24, 2.45) is 0 Å². The molecule has 7 nitrogen and oxygen atoms in total. The molecule has 1 aromatic rings. The number of aromatic nitrogens is 1. The number of carbonyl (C=O) groups excluding carboxylic acids is 2. The molecule has 0 aliphatic rings. The Bertz CT molecular complexity index is 450. The van der Waals surface area contributed by atoms with Crippen LogP contribution in [0.3, 0.4) is 0 Å². The highest BCUT2D eigenvalue weighted by molar-refractivity contribution is 5.96. The zero-order chi connectivity index (χ0) is 14.3. The Morgan fingerprint density at radius 3 is 2.84 bits per heavy atom. The van der Waals surface area contributed by atoms with E-state index in [9.17, 15) is 9.59 Å². The summed E-state index contributed by atoms with van der Waals surface area (Å²) < 4.78 is 5.10. The number of urea groups is 1. The van der Waals surface area contributed by atoms with Gasteiger partial charge >= 0.3 is 6.03 Å². The Balaban J connectivity index is 2.51. The lowest BCUT2D eigenvalue weighted by molar-refractivity contribution is -0.121. The summed E-state index contributed by atoms with van der Waals surface area (Å²) in [6.07, 6.45) is 1.63. The van der Waals surface area contributed by atoms with E-state index < -0.39 is 18.0 Å². The van der Waals surface area contributed by atoms with Crippen molar-refractivity contribution in [3.8, 4) is 5.88 Å². The molecule has 0 bridgehead atoms. The first-order valence-electron chi connectivity index (χ1n) is 5.82. The standard InChI is InChI=1S/C12H18N4O3/c1-8(10(17)16-12(18)13-2)15-7-9-5-4-6-14-11(9)19-3/h4-6,8,15H,7H2,1-3H3,(H2,13,16,17,18). The molecule has 7 heteroatoms. The van der Waals surface area contributed by atoms with E-state index in [4.69, 9.17) is 4.74 Å². The van der Waals surface area contributed by atoms with E-state index in [2.05, 4.69) is 20.9 Å². The molecule has 3 amide bonds. The van der Waals surface area contributed by atoms with Crippen molar-refractivity contribution in [2.45, 2.75) is 19.5 Å². The van der Waals surface area contributed by atoms with Crippen LogP contribution in [0.1, 0.15) is 12.5 Å². The molecule has 0 aliphatic carbocycles. The molecular formula is C12H18N4O3. The Morgan fingerprint density at radius 2 is 2.21 bits per heavy atom. The topological polar surface area (TPSA) is 92.4 Å². The average Bonchev–Trinajstić information content (AvgIpc) is 2.44. The predicted octanol–water partition coefficient (Wildman–Crippen LogP) is 0.0239. The van der Waals surface area contributed by atoms with Gasteiger partial charge in [-0.15, -0.1) is 0 Å². The largest absolute Gasteiger partial charge is 0.481 e. The van der Waals surface area contributed by atoms with E-state index in [0.717, 1.165) is 5.56 Å². The molecule has 0 radical (unpaired) electrons. The van der Waals surface area contributed by atoms with Crippen LogP contribution in [-0.4, -0.2) is 37.1 Å². The molecule has 0 aromatic carbocycles. The van der Waals surface area contributed by atoms with E-state index >= 15 is 0 Å². The molecular weight excluding hydrogens is 248 g/mol. The maximum Gasteiger partial charge on any atom is 0.321 e. The first kappa shape index (κ1) is 14.9. The van der Waals surface area contributed by atoms with Crippen molar-refractivity contribution in [1.29, 1.82) is 0 Å². The van der Waals surface area contributed by atoms with Crippen molar-refractivity contribution in [2.75, 3.05) is 14.2 Å². The second kappa shape index (κ2) is 7.32. The third kappa shape index (κ3) is 4.55. The predicted molar refractivity (Wildman–Crippen MR) is 69.7 cm³/mol.